The summed E-state index contributed by atoms with van der Waals surface area (Å²) in [5, 5.41) is 10.1. The van der Waals surface area contributed by atoms with E-state index in [0.29, 0.717) is 5.02 Å². The number of hydrogen-bond donors (Lipinski definition) is 2. The lowest BCUT2D eigenvalue weighted by Crippen LogP contribution is -2.34. The third-order valence-electron chi connectivity index (χ3n) is 3.76. The largest absolute Gasteiger partial charge is 0.374 e. The summed E-state index contributed by atoms with van der Waals surface area (Å²) in [6.07, 6.45) is 1.56. The van der Waals surface area contributed by atoms with Crippen molar-refractivity contribution in [1.82, 2.24) is 5.43 Å². The molecule has 0 radical (unpaired) electrons. The van der Waals surface area contributed by atoms with Gasteiger partial charge in [0.25, 0.3) is 5.91 Å². The molecule has 0 aliphatic heterocycles. The number of fused-ring (bicyclic) bond motifs is 1. The number of rotatable bonds is 5. The van der Waals surface area contributed by atoms with Gasteiger partial charge in [-0.1, -0.05) is 54.1 Å². The highest BCUT2D eigenvalue weighted by Crippen LogP contribution is 2.19. The average Bonchev–Trinajstić information content (AvgIpc) is 2.61. The molecule has 3 rings (SSSR count). The molecule has 5 heteroatoms. The highest BCUT2D eigenvalue weighted by molar-refractivity contribution is 6.30. The number of anilines is 1. The molecule has 1 amide bonds. The number of benzene rings is 3. The SMILES string of the molecule is CC(Nc1ccc2ccccc2c1)C(=O)NN=Cc1cccc(Cl)c1. The Morgan fingerprint density at radius 2 is 1.84 bits per heavy atom. The monoisotopic (exact) mass is 351 g/mol. The van der Waals surface area contributed by atoms with E-state index in [0.717, 1.165) is 22.0 Å². The van der Waals surface area contributed by atoms with E-state index < -0.39 is 6.04 Å². The summed E-state index contributed by atoms with van der Waals surface area (Å²) in [6, 6.07) is 20.9. The van der Waals surface area contributed by atoms with Crippen LogP contribution in [0.15, 0.2) is 71.8 Å². The summed E-state index contributed by atoms with van der Waals surface area (Å²) < 4.78 is 0. The van der Waals surface area contributed by atoms with Crippen LogP contribution in [0.25, 0.3) is 10.8 Å². The van der Waals surface area contributed by atoms with Gasteiger partial charge in [-0.05, 0) is 47.5 Å². The van der Waals surface area contributed by atoms with Crippen LogP contribution in [0, 0.1) is 0 Å². The first-order valence-electron chi connectivity index (χ1n) is 7.96. The van der Waals surface area contributed by atoms with Gasteiger partial charge in [0.05, 0.1) is 6.21 Å². The van der Waals surface area contributed by atoms with Crippen molar-refractivity contribution in [2.75, 3.05) is 5.32 Å². The van der Waals surface area contributed by atoms with Crippen molar-refractivity contribution < 1.29 is 4.79 Å². The van der Waals surface area contributed by atoms with Gasteiger partial charge in [0.1, 0.15) is 6.04 Å². The molecule has 3 aromatic carbocycles. The Labute approximate surface area is 151 Å². The van der Waals surface area contributed by atoms with Gasteiger partial charge in [0.15, 0.2) is 0 Å². The zero-order valence-corrected chi connectivity index (χ0v) is 14.5. The van der Waals surface area contributed by atoms with Crippen molar-refractivity contribution in [2.45, 2.75) is 13.0 Å². The van der Waals surface area contributed by atoms with Crippen LogP contribution in [0.4, 0.5) is 5.69 Å². The van der Waals surface area contributed by atoms with Gasteiger partial charge in [0, 0.05) is 10.7 Å². The smallest absolute Gasteiger partial charge is 0.262 e. The summed E-state index contributed by atoms with van der Waals surface area (Å²) in [5.74, 6) is -0.216. The molecular formula is C20H18ClN3O. The summed E-state index contributed by atoms with van der Waals surface area (Å²) in [7, 11) is 0. The number of nitrogens with zero attached hydrogens (tertiary/aromatic N) is 1. The molecule has 0 aliphatic carbocycles. The fraction of sp³-hybridized carbons (Fsp3) is 0.100. The maximum absolute atomic E-state index is 12.2. The molecule has 0 bridgehead atoms. The Morgan fingerprint density at radius 1 is 1.04 bits per heavy atom. The van der Waals surface area contributed by atoms with E-state index in [9.17, 15) is 4.79 Å². The minimum atomic E-state index is -0.419. The second-order valence-electron chi connectivity index (χ2n) is 5.72. The van der Waals surface area contributed by atoms with Crippen LogP contribution in [-0.4, -0.2) is 18.2 Å². The van der Waals surface area contributed by atoms with Crippen molar-refractivity contribution in [3.8, 4) is 0 Å². The number of carbonyl (C=O) groups excluding carboxylic acids is 1. The van der Waals surface area contributed by atoms with Crippen LogP contribution in [-0.2, 0) is 4.79 Å². The Balaban J connectivity index is 1.59. The molecule has 1 unspecified atom stereocenters. The van der Waals surface area contributed by atoms with Crippen LogP contribution >= 0.6 is 11.6 Å². The minimum absolute atomic E-state index is 0.216. The molecule has 25 heavy (non-hydrogen) atoms. The van der Waals surface area contributed by atoms with E-state index in [1.54, 1.807) is 25.3 Å². The lowest BCUT2D eigenvalue weighted by atomic mass is 10.1. The second kappa shape index (κ2) is 7.81. The summed E-state index contributed by atoms with van der Waals surface area (Å²) >= 11 is 5.91. The van der Waals surface area contributed by atoms with Gasteiger partial charge in [-0.15, -0.1) is 0 Å². The van der Waals surface area contributed by atoms with Crippen molar-refractivity contribution >= 4 is 40.2 Å². The molecule has 0 saturated heterocycles. The third kappa shape index (κ3) is 4.58. The van der Waals surface area contributed by atoms with Gasteiger partial charge < -0.3 is 5.32 Å². The van der Waals surface area contributed by atoms with Crippen LogP contribution in [0.2, 0.25) is 5.02 Å². The van der Waals surface area contributed by atoms with Crippen LogP contribution in [0.3, 0.4) is 0 Å². The second-order valence-corrected chi connectivity index (χ2v) is 6.15. The number of hydrazone groups is 1. The first kappa shape index (κ1) is 17.0. The lowest BCUT2D eigenvalue weighted by molar-refractivity contribution is -0.121. The van der Waals surface area contributed by atoms with Crippen LogP contribution in [0.1, 0.15) is 12.5 Å². The lowest BCUT2D eigenvalue weighted by Gasteiger charge is -2.14. The first-order chi connectivity index (χ1) is 12.1. The molecule has 4 nitrogen and oxygen atoms in total. The van der Waals surface area contributed by atoms with Crippen LogP contribution in [0.5, 0.6) is 0 Å². The Bertz CT molecular complexity index is 923. The van der Waals surface area contributed by atoms with E-state index >= 15 is 0 Å². The molecule has 0 aromatic heterocycles. The summed E-state index contributed by atoms with van der Waals surface area (Å²) in [5.41, 5.74) is 4.24. The van der Waals surface area contributed by atoms with Crippen molar-refractivity contribution in [3.63, 3.8) is 0 Å². The van der Waals surface area contributed by atoms with E-state index in [1.807, 2.05) is 48.5 Å². The zero-order valence-electron chi connectivity index (χ0n) is 13.7. The molecular weight excluding hydrogens is 334 g/mol. The van der Waals surface area contributed by atoms with Crippen molar-refractivity contribution in [2.24, 2.45) is 5.10 Å². The topological polar surface area (TPSA) is 53.5 Å². The number of amides is 1. The molecule has 126 valence electrons. The molecule has 0 spiro atoms. The normalized spacial score (nSPS) is 12.2. The van der Waals surface area contributed by atoms with Gasteiger partial charge >= 0.3 is 0 Å². The van der Waals surface area contributed by atoms with Gasteiger partial charge in [-0.3, -0.25) is 4.79 Å². The highest BCUT2D eigenvalue weighted by atomic mass is 35.5. The minimum Gasteiger partial charge on any atom is -0.374 e. The molecule has 0 fully saturated rings. The Hall–Kier alpha value is -2.85. The predicted molar refractivity (Wildman–Crippen MR) is 104 cm³/mol. The van der Waals surface area contributed by atoms with E-state index in [1.165, 1.54) is 0 Å². The number of nitrogens with one attached hydrogen (secondary N) is 2. The van der Waals surface area contributed by atoms with Gasteiger partial charge in [0.2, 0.25) is 0 Å². The van der Waals surface area contributed by atoms with E-state index in [4.69, 9.17) is 11.6 Å². The summed E-state index contributed by atoms with van der Waals surface area (Å²) in [4.78, 5) is 12.2. The number of halogens is 1. The molecule has 0 saturated carbocycles. The molecule has 0 heterocycles. The number of carbonyl (C=O) groups is 1. The third-order valence-corrected chi connectivity index (χ3v) is 4.00. The van der Waals surface area contributed by atoms with Gasteiger partial charge in [-0.2, -0.15) is 5.10 Å². The van der Waals surface area contributed by atoms with E-state index in [2.05, 4.69) is 21.9 Å². The first-order valence-corrected chi connectivity index (χ1v) is 8.33. The van der Waals surface area contributed by atoms with Crippen LogP contribution < -0.4 is 10.7 Å². The quantitative estimate of drug-likeness (QED) is 0.527. The standard InChI is InChI=1S/C20H18ClN3O/c1-14(20(25)24-22-13-15-5-4-8-18(21)11-15)23-19-10-9-16-6-2-3-7-17(16)12-19/h2-14,23H,1H3,(H,24,25). The predicted octanol–water partition coefficient (Wildman–Crippen LogP) is 4.44. The Morgan fingerprint density at radius 3 is 2.64 bits per heavy atom. The molecule has 3 aromatic rings. The highest BCUT2D eigenvalue weighted by Gasteiger charge is 2.11. The van der Waals surface area contributed by atoms with E-state index in [-0.39, 0.29) is 5.91 Å². The number of hydrogen-bond acceptors (Lipinski definition) is 3. The maximum Gasteiger partial charge on any atom is 0.262 e. The fourth-order valence-electron chi connectivity index (χ4n) is 2.45. The molecule has 1 atom stereocenters. The molecule has 2 N–H and O–H groups in total. The summed E-state index contributed by atoms with van der Waals surface area (Å²) in [6.45, 7) is 1.79. The Kier molecular flexibility index (Phi) is 5.31. The van der Waals surface area contributed by atoms with Crippen molar-refractivity contribution in [3.05, 3.63) is 77.3 Å². The fourth-order valence-corrected chi connectivity index (χ4v) is 2.65. The average molecular weight is 352 g/mol. The molecule has 0 aliphatic rings. The maximum atomic E-state index is 12.2. The van der Waals surface area contributed by atoms with Crippen molar-refractivity contribution in [1.29, 1.82) is 0 Å². The zero-order chi connectivity index (χ0) is 17.6. The van der Waals surface area contributed by atoms with Gasteiger partial charge in [-0.25, -0.2) is 5.43 Å².